The second-order valence-electron chi connectivity index (χ2n) is 4.65. The van der Waals surface area contributed by atoms with E-state index in [2.05, 4.69) is 4.74 Å². The van der Waals surface area contributed by atoms with Crippen LogP contribution in [-0.2, 0) is 23.9 Å². The Labute approximate surface area is 105 Å². The number of hydrogen-bond donors (Lipinski definition) is 0. The summed E-state index contributed by atoms with van der Waals surface area (Å²) in [4.78, 5) is 36.7. The first kappa shape index (κ1) is 13.0. The molecule has 0 N–H and O–H groups in total. The highest BCUT2D eigenvalue weighted by molar-refractivity contribution is 6.02. The molecule has 2 aliphatic rings. The Balaban J connectivity index is 1.93. The fourth-order valence-corrected chi connectivity index (χ4v) is 2.39. The van der Waals surface area contributed by atoms with Gasteiger partial charge in [0.25, 0.3) is 0 Å². The average Bonchev–Trinajstić information content (AvgIpc) is 2.90. The lowest BCUT2D eigenvalue weighted by molar-refractivity contribution is -0.155. The molecule has 0 aliphatic carbocycles. The molecule has 0 aromatic heterocycles. The van der Waals surface area contributed by atoms with E-state index in [4.69, 9.17) is 4.74 Å². The van der Waals surface area contributed by atoms with Gasteiger partial charge in [-0.15, -0.1) is 0 Å². The van der Waals surface area contributed by atoms with Gasteiger partial charge in [0, 0.05) is 13.2 Å². The summed E-state index contributed by atoms with van der Waals surface area (Å²) >= 11 is 0. The van der Waals surface area contributed by atoms with Crippen molar-refractivity contribution < 1.29 is 23.9 Å². The highest BCUT2D eigenvalue weighted by atomic mass is 16.5. The molecule has 1 amide bonds. The highest BCUT2D eigenvalue weighted by Gasteiger charge is 2.37. The molecule has 18 heavy (non-hydrogen) atoms. The normalized spacial score (nSPS) is 28.3. The predicted molar refractivity (Wildman–Crippen MR) is 60.6 cm³/mol. The SMILES string of the molecule is COC(=O)C1CCN(C(=O)C2CCOC2)CC1=O. The summed E-state index contributed by atoms with van der Waals surface area (Å²) in [7, 11) is 1.27. The molecule has 0 bridgehead atoms. The molecule has 0 aromatic rings. The molecule has 6 nitrogen and oxygen atoms in total. The zero-order valence-electron chi connectivity index (χ0n) is 10.4. The quantitative estimate of drug-likeness (QED) is 0.496. The summed E-state index contributed by atoms with van der Waals surface area (Å²) in [6, 6.07) is 0. The molecule has 2 atom stereocenters. The number of amides is 1. The van der Waals surface area contributed by atoms with Gasteiger partial charge in [-0.25, -0.2) is 0 Å². The Kier molecular flexibility index (Phi) is 3.96. The number of likely N-dealkylation sites (tertiary alicyclic amines) is 1. The summed E-state index contributed by atoms with van der Waals surface area (Å²) in [5.74, 6) is -1.62. The number of ketones is 1. The van der Waals surface area contributed by atoms with Crippen LogP contribution in [0.1, 0.15) is 12.8 Å². The van der Waals surface area contributed by atoms with E-state index in [1.807, 2.05) is 0 Å². The molecule has 2 heterocycles. The molecule has 2 rings (SSSR count). The standard InChI is InChI=1S/C12H17NO5/c1-17-12(16)9-2-4-13(6-10(9)14)11(15)8-3-5-18-7-8/h8-9H,2-7H2,1H3. The maximum absolute atomic E-state index is 12.1. The summed E-state index contributed by atoms with van der Waals surface area (Å²) in [5, 5.41) is 0. The molecule has 0 radical (unpaired) electrons. The van der Waals surface area contributed by atoms with Gasteiger partial charge in [-0.05, 0) is 12.8 Å². The van der Waals surface area contributed by atoms with E-state index in [1.54, 1.807) is 0 Å². The van der Waals surface area contributed by atoms with Crippen molar-refractivity contribution in [1.82, 2.24) is 4.90 Å². The number of carbonyl (C=O) groups excluding carboxylic acids is 3. The molecule has 0 aromatic carbocycles. The van der Waals surface area contributed by atoms with E-state index in [9.17, 15) is 14.4 Å². The Morgan fingerprint density at radius 1 is 1.39 bits per heavy atom. The third-order valence-corrected chi connectivity index (χ3v) is 3.50. The molecule has 2 saturated heterocycles. The second kappa shape index (κ2) is 5.48. The van der Waals surface area contributed by atoms with Crippen LogP contribution in [0, 0.1) is 11.8 Å². The van der Waals surface area contributed by atoms with Crippen LogP contribution in [0.2, 0.25) is 0 Å². The predicted octanol–water partition coefficient (Wildman–Crippen LogP) is -0.387. The van der Waals surface area contributed by atoms with Crippen LogP contribution in [0.25, 0.3) is 0 Å². The first-order valence-electron chi connectivity index (χ1n) is 6.10. The summed E-state index contributed by atoms with van der Waals surface area (Å²) in [5.41, 5.74) is 0. The van der Waals surface area contributed by atoms with Gasteiger partial charge in [-0.1, -0.05) is 0 Å². The number of hydrogen-bond acceptors (Lipinski definition) is 5. The smallest absolute Gasteiger partial charge is 0.316 e. The van der Waals surface area contributed by atoms with E-state index in [0.29, 0.717) is 32.6 Å². The van der Waals surface area contributed by atoms with Crippen LogP contribution in [0.3, 0.4) is 0 Å². The van der Waals surface area contributed by atoms with E-state index >= 15 is 0 Å². The van der Waals surface area contributed by atoms with E-state index in [1.165, 1.54) is 12.0 Å². The van der Waals surface area contributed by atoms with Crippen molar-refractivity contribution in [1.29, 1.82) is 0 Å². The molecule has 6 heteroatoms. The number of ether oxygens (including phenoxy) is 2. The maximum atomic E-state index is 12.1. The van der Waals surface area contributed by atoms with Crippen molar-refractivity contribution in [2.75, 3.05) is 33.4 Å². The number of methoxy groups -OCH3 is 1. The number of nitrogens with zero attached hydrogens (tertiary/aromatic N) is 1. The van der Waals surface area contributed by atoms with E-state index in [0.717, 1.165) is 0 Å². The largest absolute Gasteiger partial charge is 0.468 e. The third kappa shape index (κ3) is 2.53. The molecular formula is C12H17NO5. The van der Waals surface area contributed by atoms with Crippen LogP contribution in [0.4, 0.5) is 0 Å². The van der Waals surface area contributed by atoms with Gasteiger partial charge in [0.15, 0.2) is 5.78 Å². The highest BCUT2D eigenvalue weighted by Crippen LogP contribution is 2.20. The zero-order valence-corrected chi connectivity index (χ0v) is 10.4. The molecule has 0 spiro atoms. The first-order valence-corrected chi connectivity index (χ1v) is 6.10. The van der Waals surface area contributed by atoms with Crippen molar-refractivity contribution in [2.24, 2.45) is 11.8 Å². The minimum atomic E-state index is -0.709. The van der Waals surface area contributed by atoms with Gasteiger partial charge in [0.2, 0.25) is 5.91 Å². The van der Waals surface area contributed by atoms with Gasteiger partial charge in [-0.3, -0.25) is 14.4 Å². The van der Waals surface area contributed by atoms with Crippen molar-refractivity contribution in [3.05, 3.63) is 0 Å². The Morgan fingerprint density at radius 2 is 2.17 bits per heavy atom. The first-order chi connectivity index (χ1) is 8.63. The van der Waals surface area contributed by atoms with Gasteiger partial charge in [0.05, 0.1) is 26.2 Å². The molecule has 2 aliphatic heterocycles. The lowest BCUT2D eigenvalue weighted by Gasteiger charge is -2.31. The Bertz CT molecular complexity index is 361. The number of Topliss-reactive ketones (excluding diaryl/α,β-unsaturated/α-hetero) is 1. The monoisotopic (exact) mass is 255 g/mol. The number of esters is 1. The van der Waals surface area contributed by atoms with Gasteiger partial charge >= 0.3 is 5.97 Å². The fraction of sp³-hybridized carbons (Fsp3) is 0.750. The van der Waals surface area contributed by atoms with Crippen LogP contribution in [0.15, 0.2) is 0 Å². The van der Waals surface area contributed by atoms with Crippen molar-refractivity contribution in [2.45, 2.75) is 12.8 Å². The molecule has 2 unspecified atom stereocenters. The van der Waals surface area contributed by atoms with Crippen LogP contribution < -0.4 is 0 Å². The topological polar surface area (TPSA) is 72.9 Å². The van der Waals surface area contributed by atoms with Gasteiger partial charge in [-0.2, -0.15) is 0 Å². The Hall–Kier alpha value is -1.43. The van der Waals surface area contributed by atoms with E-state index in [-0.39, 0.29) is 24.2 Å². The van der Waals surface area contributed by atoms with E-state index < -0.39 is 11.9 Å². The number of rotatable bonds is 2. The van der Waals surface area contributed by atoms with Crippen LogP contribution in [-0.4, -0.2) is 56.0 Å². The zero-order chi connectivity index (χ0) is 13.1. The molecule has 2 fully saturated rings. The minimum absolute atomic E-state index is 0.00903. The lowest BCUT2D eigenvalue weighted by Crippen LogP contribution is -2.48. The minimum Gasteiger partial charge on any atom is -0.468 e. The molecule has 100 valence electrons. The average molecular weight is 255 g/mol. The van der Waals surface area contributed by atoms with Crippen LogP contribution >= 0.6 is 0 Å². The fourth-order valence-electron chi connectivity index (χ4n) is 2.39. The number of carbonyl (C=O) groups is 3. The lowest BCUT2D eigenvalue weighted by atomic mass is 9.94. The second-order valence-corrected chi connectivity index (χ2v) is 4.65. The summed E-state index contributed by atoms with van der Waals surface area (Å²) < 4.78 is 9.74. The number of piperidine rings is 1. The van der Waals surface area contributed by atoms with Crippen molar-refractivity contribution >= 4 is 17.7 Å². The van der Waals surface area contributed by atoms with Gasteiger partial charge in [0.1, 0.15) is 5.92 Å². The molecular weight excluding hydrogens is 238 g/mol. The Morgan fingerprint density at radius 3 is 2.72 bits per heavy atom. The summed E-state index contributed by atoms with van der Waals surface area (Å²) in [6.45, 7) is 1.48. The van der Waals surface area contributed by atoms with Gasteiger partial charge < -0.3 is 14.4 Å². The third-order valence-electron chi connectivity index (χ3n) is 3.50. The van der Waals surface area contributed by atoms with Crippen molar-refractivity contribution in [3.63, 3.8) is 0 Å². The van der Waals surface area contributed by atoms with Crippen molar-refractivity contribution in [3.8, 4) is 0 Å². The summed E-state index contributed by atoms with van der Waals surface area (Å²) in [6.07, 6.45) is 1.06. The van der Waals surface area contributed by atoms with Crippen LogP contribution in [0.5, 0.6) is 0 Å². The maximum Gasteiger partial charge on any atom is 0.316 e. The molecule has 0 saturated carbocycles.